The van der Waals surface area contributed by atoms with Gasteiger partial charge in [-0.3, -0.25) is 4.79 Å². The molecule has 0 saturated heterocycles. The van der Waals surface area contributed by atoms with Crippen LogP contribution in [0.4, 0.5) is 0 Å². The van der Waals surface area contributed by atoms with Crippen LogP contribution in [-0.2, 0) is 10.1 Å². The van der Waals surface area contributed by atoms with Crippen molar-refractivity contribution in [2.24, 2.45) is 5.10 Å². The maximum Gasteiger partial charge on any atom is 0.339 e. The molecule has 0 saturated carbocycles. The summed E-state index contributed by atoms with van der Waals surface area (Å²) in [6, 6.07) is 19.4. The zero-order valence-electron chi connectivity index (χ0n) is 16.5. The second-order valence-corrected chi connectivity index (χ2v) is 8.66. The predicted octanol–water partition coefficient (Wildman–Crippen LogP) is 4.38. The largest absolute Gasteiger partial charge is 0.490 e. The quantitative estimate of drug-likeness (QED) is 0.280. The van der Waals surface area contributed by atoms with E-state index in [0.29, 0.717) is 17.7 Å². The van der Waals surface area contributed by atoms with Crippen LogP contribution in [0.1, 0.15) is 22.8 Å². The van der Waals surface area contributed by atoms with Gasteiger partial charge in [-0.2, -0.15) is 13.5 Å². The summed E-state index contributed by atoms with van der Waals surface area (Å²) in [5.74, 6) is -0.0678. The maximum atomic E-state index is 12.5. The predicted molar refractivity (Wildman–Crippen MR) is 121 cm³/mol. The van der Waals surface area contributed by atoms with Crippen LogP contribution in [0.3, 0.4) is 0 Å². The molecule has 0 fully saturated rings. The second-order valence-electron chi connectivity index (χ2n) is 6.20. The molecule has 7 nitrogen and oxygen atoms in total. The summed E-state index contributed by atoms with van der Waals surface area (Å²) in [4.78, 5) is 12.2. The molecular weight excluding hydrogens is 484 g/mol. The van der Waals surface area contributed by atoms with E-state index in [2.05, 4.69) is 26.5 Å². The molecule has 9 heteroatoms. The number of amides is 1. The van der Waals surface area contributed by atoms with Gasteiger partial charge in [-0.1, -0.05) is 40.2 Å². The van der Waals surface area contributed by atoms with Crippen LogP contribution >= 0.6 is 15.9 Å². The van der Waals surface area contributed by atoms with Gasteiger partial charge >= 0.3 is 10.1 Å². The highest BCUT2D eigenvalue weighted by Gasteiger charge is 2.19. The number of hydrazone groups is 1. The summed E-state index contributed by atoms with van der Waals surface area (Å²) in [5, 5.41) is 3.95. The topological polar surface area (TPSA) is 94.1 Å². The molecule has 3 aromatic rings. The van der Waals surface area contributed by atoms with Crippen LogP contribution in [0.2, 0.25) is 0 Å². The van der Waals surface area contributed by atoms with E-state index in [1.54, 1.807) is 55.5 Å². The molecule has 0 spiro atoms. The van der Waals surface area contributed by atoms with Gasteiger partial charge in [0.15, 0.2) is 11.5 Å². The van der Waals surface area contributed by atoms with Crippen LogP contribution in [0.25, 0.3) is 0 Å². The molecule has 1 N–H and O–H groups in total. The van der Waals surface area contributed by atoms with Crippen molar-refractivity contribution in [2.75, 3.05) is 6.61 Å². The van der Waals surface area contributed by atoms with Crippen molar-refractivity contribution in [2.45, 2.75) is 11.8 Å². The molecule has 160 valence electrons. The van der Waals surface area contributed by atoms with Crippen molar-refractivity contribution in [3.63, 3.8) is 0 Å². The van der Waals surface area contributed by atoms with Gasteiger partial charge in [0.1, 0.15) is 4.90 Å². The monoisotopic (exact) mass is 502 g/mol. The Hall–Kier alpha value is -3.17. The molecule has 0 bridgehead atoms. The number of hydrogen-bond acceptors (Lipinski definition) is 6. The van der Waals surface area contributed by atoms with E-state index < -0.39 is 10.1 Å². The summed E-state index contributed by atoms with van der Waals surface area (Å²) < 4.78 is 36.6. The first-order chi connectivity index (χ1) is 14.9. The third kappa shape index (κ3) is 6.16. The number of halogens is 1. The number of hydrogen-bond donors (Lipinski definition) is 1. The van der Waals surface area contributed by atoms with E-state index in [4.69, 9.17) is 8.92 Å². The molecule has 31 heavy (non-hydrogen) atoms. The summed E-state index contributed by atoms with van der Waals surface area (Å²) >= 11 is 3.31. The van der Waals surface area contributed by atoms with Crippen LogP contribution in [0.5, 0.6) is 11.5 Å². The fraction of sp³-hybridized carbons (Fsp3) is 0.0909. The van der Waals surface area contributed by atoms with Crippen molar-refractivity contribution in [1.29, 1.82) is 0 Å². The highest BCUT2D eigenvalue weighted by atomic mass is 79.9. The summed E-state index contributed by atoms with van der Waals surface area (Å²) in [6.45, 7) is 2.08. The highest BCUT2D eigenvalue weighted by molar-refractivity contribution is 9.10. The first-order valence-corrected chi connectivity index (χ1v) is 11.4. The average molecular weight is 503 g/mol. The standard InChI is InChI=1S/C22H19BrN2O5S/c1-2-29-21-13-16(15-24-25-22(26)17-7-6-8-18(23)14-17)11-12-20(21)30-31(27,28)19-9-4-3-5-10-19/h3-15H,2H2,1H3,(H,25,26)/b24-15-. The molecule has 3 aromatic carbocycles. The van der Waals surface area contributed by atoms with Gasteiger partial charge < -0.3 is 8.92 Å². The van der Waals surface area contributed by atoms with E-state index in [-0.39, 0.29) is 22.3 Å². The van der Waals surface area contributed by atoms with Crippen LogP contribution in [-0.4, -0.2) is 27.1 Å². The zero-order valence-corrected chi connectivity index (χ0v) is 18.9. The lowest BCUT2D eigenvalue weighted by atomic mass is 10.2. The molecule has 0 atom stereocenters. The zero-order chi connectivity index (χ0) is 22.3. The molecule has 1 amide bonds. The van der Waals surface area contributed by atoms with Gasteiger partial charge in [0.25, 0.3) is 5.91 Å². The molecule has 3 rings (SSSR count). The van der Waals surface area contributed by atoms with Gasteiger partial charge in [0, 0.05) is 10.0 Å². The van der Waals surface area contributed by atoms with Crippen molar-refractivity contribution in [3.05, 3.63) is 88.4 Å². The molecule has 0 radical (unpaired) electrons. The number of nitrogens with zero attached hydrogens (tertiary/aromatic N) is 1. The number of rotatable bonds is 8. The van der Waals surface area contributed by atoms with Crippen LogP contribution in [0, 0.1) is 0 Å². The number of nitrogens with one attached hydrogen (secondary N) is 1. The number of carbonyl (C=O) groups excluding carboxylic acids is 1. The van der Waals surface area contributed by atoms with E-state index >= 15 is 0 Å². The van der Waals surface area contributed by atoms with Crippen molar-refractivity contribution in [3.8, 4) is 11.5 Å². The fourth-order valence-corrected chi connectivity index (χ4v) is 3.92. The SMILES string of the molecule is CCOc1cc(/C=N\NC(=O)c2cccc(Br)c2)ccc1OS(=O)(=O)c1ccccc1. The van der Waals surface area contributed by atoms with E-state index in [1.165, 1.54) is 24.4 Å². The van der Waals surface area contributed by atoms with Crippen molar-refractivity contribution >= 4 is 38.2 Å². The Labute approximate surface area is 189 Å². The van der Waals surface area contributed by atoms with Crippen molar-refractivity contribution < 1.29 is 22.1 Å². The first kappa shape index (κ1) is 22.5. The Bertz CT molecular complexity index is 1200. The van der Waals surface area contributed by atoms with Gasteiger partial charge in [-0.05, 0) is 61.0 Å². The average Bonchev–Trinajstić information content (AvgIpc) is 2.76. The molecular formula is C22H19BrN2O5S. The minimum Gasteiger partial charge on any atom is -0.490 e. The summed E-state index contributed by atoms with van der Waals surface area (Å²) in [6.07, 6.45) is 1.42. The van der Waals surface area contributed by atoms with Gasteiger partial charge in [0.05, 0.1) is 12.8 Å². The highest BCUT2D eigenvalue weighted by Crippen LogP contribution is 2.30. The van der Waals surface area contributed by atoms with Crippen LogP contribution in [0.15, 0.2) is 87.3 Å². The smallest absolute Gasteiger partial charge is 0.339 e. The third-order valence-corrected chi connectivity index (χ3v) is 5.71. The van der Waals surface area contributed by atoms with Crippen molar-refractivity contribution in [1.82, 2.24) is 5.43 Å². The fourth-order valence-electron chi connectivity index (χ4n) is 2.56. The minimum absolute atomic E-state index is 0.0401. The summed E-state index contributed by atoms with van der Waals surface area (Å²) in [5.41, 5.74) is 3.48. The van der Waals surface area contributed by atoms with E-state index in [0.717, 1.165) is 4.47 Å². The molecule has 0 aliphatic heterocycles. The van der Waals surface area contributed by atoms with E-state index in [9.17, 15) is 13.2 Å². The van der Waals surface area contributed by atoms with Gasteiger partial charge in [-0.15, -0.1) is 0 Å². The molecule has 0 aliphatic carbocycles. The normalized spacial score (nSPS) is 11.3. The molecule has 0 heterocycles. The maximum absolute atomic E-state index is 12.5. The Morgan fingerprint density at radius 2 is 1.81 bits per heavy atom. The third-order valence-electron chi connectivity index (χ3n) is 3.97. The Kier molecular flexibility index (Phi) is 7.43. The number of carbonyl (C=O) groups is 1. The first-order valence-electron chi connectivity index (χ1n) is 9.24. The lowest BCUT2D eigenvalue weighted by Gasteiger charge is -2.12. The molecule has 0 aliphatic rings. The lowest BCUT2D eigenvalue weighted by molar-refractivity contribution is 0.0955. The van der Waals surface area contributed by atoms with E-state index in [1.807, 2.05) is 6.07 Å². The van der Waals surface area contributed by atoms with Gasteiger partial charge in [-0.25, -0.2) is 5.43 Å². The minimum atomic E-state index is -4.00. The van der Waals surface area contributed by atoms with Gasteiger partial charge in [0.2, 0.25) is 0 Å². The Morgan fingerprint density at radius 3 is 2.52 bits per heavy atom. The Morgan fingerprint density at radius 1 is 1.03 bits per heavy atom. The van der Waals surface area contributed by atoms with Crippen LogP contribution < -0.4 is 14.3 Å². The molecule has 0 unspecified atom stereocenters. The Balaban J connectivity index is 1.75. The lowest BCUT2D eigenvalue weighted by Crippen LogP contribution is -2.17. The summed E-state index contributed by atoms with van der Waals surface area (Å²) in [7, 11) is -4.00. The number of ether oxygens (including phenoxy) is 1. The number of benzene rings is 3. The molecule has 0 aromatic heterocycles. The second kappa shape index (κ2) is 10.2.